The highest BCUT2D eigenvalue weighted by atomic mass is 32.2. The molecule has 0 radical (unpaired) electrons. The van der Waals surface area contributed by atoms with Crippen LogP contribution in [-0.4, -0.2) is 38.0 Å². The van der Waals surface area contributed by atoms with Crippen LogP contribution < -0.4 is 4.72 Å². The number of aliphatic carboxylic acids is 1. The average Bonchev–Trinajstić information content (AvgIpc) is 2.81. The molecule has 1 aromatic heterocycles. The molecule has 0 saturated carbocycles. The Hall–Kier alpha value is -1.22. The summed E-state index contributed by atoms with van der Waals surface area (Å²) in [6.45, 7) is 4.04. The van der Waals surface area contributed by atoms with Gasteiger partial charge in [0.1, 0.15) is 0 Å². The second-order valence-electron chi connectivity index (χ2n) is 4.54. The molecule has 2 N–H and O–H groups in total. The molecule has 0 aliphatic rings. The van der Waals surface area contributed by atoms with Crippen LogP contribution in [0, 0.1) is 0 Å². The summed E-state index contributed by atoms with van der Waals surface area (Å²) in [5, 5.41) is 8.53. The van der Waals surface area contributed by atoms with Crippen LogP contribution in [-0.2, 0) is 26.1 Å². The van der Waals surface area contributed by atoms with Crippen molar-refractivity contribution in [3.05, 3.63) is 28.0 Å². The lowest BCUT2D eigenvalue weighted by atomic mass is 10.4. The summed E-state index contributed by atoms with van der Waals surface area (Å²) < 4.78 is 31.2. The summed E-state index contributed by atoms with van der Waals surface area (Å²) in [5.74, 6) is -1.10. The van der Waals surface area contributed by atoms with Gasteiger partial charge < -0.3 is 9.84 Å². The van der Waals surface area contributed by atoms with Crippen molar-refractivity contribution in [1.82, 2.24) is 4.72 Å². The highest BCUT2D eigenvalue weighted by Crippen LogP contribution is 2.17. The average molecular weight is 333 g/mol. The molecule has 6 nitrogen and oxygen atoms in total. The number of carboxylic acid groups (broad SMARTS) is 1. The fourth-order valence-corrected chi connectivity index (χ4v) is 3.16. The molecule has 0 aromatic carbocycles. The molecule has 0 fully saturated rings. The Kier molecular flexibility index (Phi) is 7.03. The number of rotatable bonds is 9. The first-order chi connectivity index (χ1) is 9.78. The third-order valence-electron chi connectivity index (χ3n) is 2.34. The summed E-state index contributed by atoms with van der Waals surface area (Å²) in [6, 6.07) is 3.51. The van der Waals surface area contributed by atoms with Crippen LogP contribution in [0.1, 0.15) is 23.6 Å². The Balaban J connectivity index is 2.45. The molecule has 21 heavy (non-hydrogen) atoms. The molecule has 0 amide bonds. The summed E-state index contributed by atoms with van der Waals surface area (Å²) in [6.07, 6.45) is 2.52. The topological polar surface area (TPSA) is 92.7 Å². The van der Waals surface area contributed by atoms with E-state index in [1.807, 2.05) is 13.8 Å². The van der Waals surface area contributed by atoms with Gasteiger partial charge in [-0.1, -0.05) is 0 Å². The molecular weight excluding hydrogens is 314 g/mol. The van der Waals surface area contributed by atoms with E-state index in [0.717, 1.165) is 15.8 Å². The SMILES string of the molecule is CC(C)OCCS(=O)(=O)NCc1ccc(C=CC(=O)O)s1. The van der Waals surface area contributed by atoms with E-state index in [4.69, 9.17) is 9.84 Å². The van der Waals surface area contributed by atoms with Crippen molar-refractivity contribution in [2.75, 3.05) is 12.4 Å². The van der Waals surface area contributed by atoms with Gasteiger partial charge in [-0.3, -0.25) is 0 Å². The number of hydrogen-bond acceptors (Lipinski definition) is 5. The number of ether oxygens (including phenoxy) is 1. The zero-order valence-electron chi connectivity index (χ0n) is 11.9. The van der Waals surface area contributed by atoms with E-state index in [-0.39, 0.29) is 25.0 Å². The van der Waals surface area contributed by atoms with Gasteiger partial charge in [-0.2, -0.15) is 0 Å². The van der Waals surface area contributed by atoms with Gasteiger partial charge in [-0.15, -0.1) is 11.3 Å². The van der Waals surface area contributed by atoms with Crippen LogP contribution >= 0.6 is 11.3 Å². The second kappa shape index (κ2) is 8.28. The first-order valence-electron chi connectivity index (χ1n) is 6.37. The van der Waals surface area contributed by atoms with Gasteiger partial charge in [-0.25, -0.2) is 17.9 Å². The maximum Gasteiger partial charge on any atom is 0.328 e. The highest BCUT2D eigenvalue weighted by molar-refractivity contribution is 7.89. The lowest BCUT2D eigenvalue weighted by Crippen LogP contribution is -2.28. The predicted molar refractivity (Wildman–Crippen MR) is 82.7 cm³/mol. The smallest absolute Gasteiger partial charge is 0.328 e. The van der Waals surface area contributed by atoms with E-state index >= 15 is 0 Å². The van der Waals surface area contributed by atoms with Gasteiger partial charge in [0.15, 0.2) is 0 Å². The maximum absolute atomic E-state index is 11.7. The van der Waals surface area contributed by atoms with Gasteiger partial charge in [0.25, 0.3) is 0 Å². The lowest BCUT2D eigenvalue weighted by molar-refractivity contribution is -0.131. The van der Waals surface area contributed by atoms with Gasteiger partial charge in [0.05, 0.1) is 18.5 Å². The molecule has 8 heteroatoms. The van der Waals surface area contributed by atoms with E-state index < -0.39 is 16.0 Å². The molecule has 0 aliphatic carbocycles. The summed E-state index contributed by atoms with van der Waals surface area (Å²) in [7, 11) is -3.37. The van der Waals surface area contributed by atoms with Gasteiger partial charge in [0.2, 0.25) is 10.0 Å². The quantitative estimate of drug-likeness (QED) is 0.671. The number of carbonyl (C=O) groups is 1. The first kappa shape index (κ1) is 17.8. The number of nitrogens with one attached hydrogen (secondary N) is 1. The van der Waals surface area contributed by atoms with Gasteiger partial charge >= 0.3 is 5.97 Å². The van der Waals surface area contributed by atoms with Crippen molar-refractivity contribution in [2.24, 2.45) is 0 Å². The van der Waals surface area contributed by atoms with Gasteiger partial charge in [-0.05, 0) is 32.1 Å². The van der Waals surface area contributed by atoms with Gasteiger partial charge in [0, 0.05) is 22.4 Å². The minimum atomic E-state index is -3.37. The van der Waals surface area contributed by atoms with Crippen LogP contribution in [0.4, 0.5) is 0 Å². The Labute approximate surface area is 128 Å². The van der Waals surface area contributed by atoms with Crippen molar-refractivity contribution in [3.8, 4) is 0 Å². The zero-order valence-corrected chi connectivity index (χ0v) is 13.5. The molecule has 0 aliphatic heterocycles. The third kappa shape index (κ3) is 7.96. The number of sulfonamides is 1. The molecule has 0 unspecified atom stereocenters. The van der Waals surface area contributed by atoms with Crippen molar-refractivity contribution in [2.45, 2.75) is 26.5 Å². The minimum absolute atomic E-state index is 0.000997. The Bertz CT molecular complexity index is 589. The van der Waals surface area contributed by atoms with Crippen molar-refractivity contribution < 1.29 is 23.1 Å². The second-order valence-corrected chi connectivity index (χ2v) is 7.66. The standard InChI is InChI=1S/C13H19NO5S2/c1-10(2)19-7-8-21(17,18)14-9-12-4-3-11(20-12)5-6-13(15)16/h3-6,10,14H,7-9H2,1-2H3,(H,15,16). The van der Waals surface area contributed by atoms with Crippen LogP contribution in [0.25, 0.3) is 6.08 Å². The predicted octanol–water partition coefficient (Wildman–Crippen LogP) is 1.69. The van der Waals surface area contributed by atoms with Crippen molar-refractivity contribution in [1.29, 1.82) is 0 Å². The van der Waals surface area contributed by atoms with Crippen LogP contribution in [0.2, 0.25) is 0 Å². The van der Waals surface area contributed by atoms with Crippen molar-refractivity contribution in [3.63, 3.8) is 0 Å². The maximum atomic E-state index is 11.7. The van der Waals surface area contributed by atoms with E-state index in [1.54, 1.807) is 12.1 Å². The Morgan fingerprint density at radius 1 is 1.48 bits per heavy atom. The Morgan fingerprint density at radius 2 is 2.19 bits per heavy atom. The monoisotopic (exact) mass is 333 g/mol. The van der Waals surface area contributed by atoms with Crippen molar-refractivity contribution >= 4 is 33.4 Å². The molecule has 1 rings (SSSR count). The summed E-state index contributed by atoms with van der Waals surface area (Å²) in [4.78, 5) is 12.0. The largest absolute Gasteiger partial charge is 0.478 e. The normalized spacial score (nSPS) is 12.3. The molecule has 1 heterocycles. The Morgan fingerprint density at radius 3 is 2.81 bits per heavy atom. The number of carboxylic acids is 1. The molecule has 0 spiro atoms. The van der Waals surface area contributed by atoms with E-state index in [0.29, 0.717) is 0 Å². The van der Waals surface area contributed by atoms with E-state index in [1.165, 1.54) is 17.4 Å². The molecular formula is C13H19NO5S2. The fourth-order valence-electron chi connectivity index (χ4n) is 1.38. The van der Waals surface area contributed by atoms with Crippen LogP contribution in [0.15, 0.2) is 18.2 Å². The van der Waals surface area contributed by atoms with Crippen LogP contribution in [0.5, 0.6) is 0 Å². The molecule has 0 atom stereocenters. The minimum Gasteiger partial charge on any atom is -0.478 e. The number of thiophene rings is 1. The fraction of sp³-hybridized carbons (Fsp3) is 0.462. The number of hydrogen-bond donors (Lipinski definition) is 2. The summed E-state index contributed by atoms with van der Waals surface area (Å²) >= 11 is 1.34. The molecule has 1 aromatic rings. The molecule has 0 bridgehead atoms. The zero-order chi connectivity index (χ0) is 15.9. The van der Waals surface area contributed by atoms with Crippen LogP contribution in [0.3, 0.4) is 0 Å². The third-order valence-corrected chi connectivity index (χ3v) is 4.68. The highest BCUT2D eigenvalue weighted by Gasteiger charge is 2.11. The first-order valence-corrected chi connectivity index (χ1v) is 8.84. The van der Waals surface area contributed by atoms with E-state index in [9.17, 15) is 13.2 Å². The van der Waals surface area contributed by atoms with E-state index in [2.05, 4.69) is 4.72 Å². The lowest BCUT2D eigenvalue weighted by Gasteiger charge is -2.08. The molecule has 118 valence electrons. The summed E-state index contributed by atoms with van der Waals surface area (Å²) in [5.41, 5.74) is 0. The molecule has 0 saturated heterocycles.